The van der Waals surface area contributed by atoms with Crippen LogP contribution in [-0.2, 0) is 6.54 Å². The van der Waals surface area contributed by atoms with Crippen LogP contribution in [0.5, 0.6) is 5.75 Å². The molecule has 0 saturated carbocycles. The number of thiazole rings is 1. The van der Waals surface area contributed by atoms with Crippen LogP contribution in [0.15, 0.2) is 75.8 Å². The minimum absolute atomic E-state index is 0.225. The normalized spacial score (nSPS) is 11.2. The van der Waals surface area contributed by atoms with Crippen LogP contribution in [0.2, 0.25) is 0 Å². The van der Waals surface area contributed by atoms with Gasteiger partial charge in [-0.2, -0.15) is 0 Å². The second kappa shape index (κ2) is 8.72. The van der Waals surface area contributed by atoms with Crippen molar-refractivity contribution in [1.29, 1.82) is 0 Å². The van der Waals surface area contributed by atoms with Crippen LogP contribution >= 0.6 is 27.3 Å². The second-order valence-corrected chi connectivity index (χ2v) is 8.96. The lowest BCUT2D eigenvalue weighted by atomic mass is 10.2. The summed E-state index contributed by atoms with van der Waals surface area (Å²) in [5.41, 5.74) is 2.14. The maximum absolute atomic E-state index is 13.7. The van der Waals surface area contributed by atoms with Crippen LogP contribution in [0, 0.1) is 0 Å². The molecule has 0 aliphatic rings. The zero-order valence-electron chi connectivity index (χ0n) is 17.1. The Morgan fingerprint density at radius 3 is 2.88 bits per heavy atom. The summed E-state index contributed by atoms with van der Waals surface area (Å²) in [6, 6.07) is 18.9. The van der Waals surface area contributed by atoms with Gasteiger partial charge in [0.1, 0.15) is 0 Å². The molecule has 160 valence electrons. The minimum atomic E-state index is -0.285. The number of halogens is 1. The SMILES string of the molecule is CCOc1cccc2cc(C(=O)N(Cc3ccccn3)c3nc4ccc(Br)cc4s3)oc12. The number of carbonyl (C=O) groups is 1. The third-order valence-electron chi connectivity index (χ3n) is 4.88. The molecule has 0 saturated heterocycles. The number of fused-ring (bicyclic) bond motifs is 2. The van der Waals surface area contributed by atoms with Crippen molar-refractivity contribution < 1.29 is 13.9 Å². The van der Waals surface area contributed by atoms with Gasteiger partial charge in [0, 0.05) is 16.1 Å². The highest BCUT2D eigenvalue weighted by Crippen LogP contribution is 2.34. The van der Waals surface area contributed by atoms with E-state index in [-0.39, 0.29) is 18.2 Å². The van der Waals surface area contributed by atoms with Crippen LogP contribution in [0.4, 0.5) is 5.13 Å². The predicted molar refractivity (Wildman–Crippen MR) is 129 cm³/mol. The van der Waals surface area contributed by atoms with E-state index in [0.717, 1.165) is 25.8 Å². The van der Waals surface area contributed by atoms with Crippen LogP contribution < -0.4 is 9.64 Å². The third-order valence-corrected chi connectivity index (χ3v) is 6.41. The summed E-state index contributed by atoms with van der Waals surface area (Å²) in [6.07, 6.45) is 1.71. The monoisotopic (exact) mass is 507 g/mol. The first-order valence-corrected chi connectivity index (χ1v) is 11.7. The quantitative estimate of drug-likeness (QED) is 0.264. The van der Waals surface area contributed by atoms with Gasteiger partial charge < -0.3 is 9.15 Å². The van der Waals surface area contributed by atoms with Gasteiger partial charge in [-0.05, 0) is 49.4 Å². The molecule has 0 unspecified atom stereocenters. The molecule has 0 radical (unpaired) electrons. The lowest BCUT2D eigenvalue weighted by Crippen LogP contribution is -2.30. The van der Waals surface area contributed by atoms with E-state index in [2.05, 4.69) is 20.9 Å². The summed E-state index contributed by atoms with van der Waals surface area (Å²) in [4.78, 5) is 24.4. The summed E-state index contributed by atoms with van der Waals surface area (Å²) in [6.45, 7) is 2.69. The van der Waals surface area contributed by atoms with Crippen molar-refractivity contribution in [3.05, 3.63) is 82.8 Å². The number of nitrogens with zero attached hydrogens (tertiary/aromatic N) is 3. The highest BCUT2D eigenvalue weighted by Gasteiger charge is 2.26. The number of ether oxygens (including phenoxy) is 1. The van der Waals surface area contributed by atoms with Crippen molar-refractivity contribution in [2.24, 2.45) is 0 Å². The van der Waals surface area contributed by atoms with Crippen molar-refractivity contribution in [3.63, 3.8) is 0 Å². The molecule has 6 nitrogen and oxygen atoms in total. The van der Waals surface area contributed by atoms with E-state index in [1.165, 1.54) is 11.3 Å². The van der Waals surface area contributed by atoms with Gasteiger partial charge in [-0.25, -0.2) is 4.98 Å². The van der Waals surface area contributed by atoms with E-state index in [1.54, 1.807) is 17.2 Å². The van der Waals surface area contributed by atoms with Gasteiger partial charge in [0.05, 0.1) is 29.1 Å². The number of amides is 1. The molecule has 0 atom stereocenters. The van der Waals surface area contributed by atoms with Crippen LogP contribution in [0.3, 0.4) is 0 Å². The second-order valence-electron chi connectivity index (χ2n) is 7.04. The Kier molecular flexibility index (Phi) is 5.63. The molecule has 3 heterocycles. The Balaban J connectivity index is 1.58. The van der Waals surface area contributed by atoms with E-state index in [9.17, 15) is 4.79 Å². The molecule has 0 aliphatic carbocycles. The molecule has 8 heteroatoms. The molecule has 5 aromatic rings. The number of hydrogen-bond acceptors (Lipinski definition) is 6. The van der Waals surface area contributed by atoms with Crippen molar-refractivity contribution in [1.82, 2.24) is 9.97 Å². The first-order valence-electron chi connectivity index (χ1n) is 10.1. The van der Waals surface area contributed by atoms with E-state index in [4.69, 9.17) is 14.1 Å². The number of carbonyl (C=O) groups excluding carboxylic acids is 1. The number of anilines is 1. The Hall–Kier alpha value is -3.23. The number of hydrogen-bond donors (Lipinski definition) is 0. The average Bonchev–Trinajstić information content (AvgIpc) is 3.42. The molecule has 0 spiro atoms. The van der Waals surface area contributed by atoms with Crippen LogP contribution in [0.1, 0.15) is 23.2 Å². The van der Waals surface area contributed by atoms with E-state index in [0.29, 0.717) is 23.1 Å². The van der Waals surface area contributed by atoms with Gasteiger partial charge >= 0.3 is 0 Å². The zero-order valence-corrected chi connectivity index (χ0v) is 19.5. The highest BCUT2D eigenvalue weighted by molar-refractivity contribution is 9.10. The smallest absolute Gasteiger partial charge is 0.296 e. The Bertz CT molecular complexity index is 1410. The molecule has 3 aromatic heterocycles. The zero-order chi connectivity index (χ0) is 22.1. The first-order chi connectivity index (χ1) is 15.6. The Labute approximate surface area is 196 Å². The minimum Gasteiger partial charge on any atom is -0.490 e. The molecule has 0 fully saturated rings. The van der Waals surface area contributed by atoms with E-state index in [1.807, 2.05) is 61.5 Å². The van der Waals surface area contributed by atoms with Gasteiger partial charge in [0.2, 0.25) is 0 Å². The lowest BCUT2D eigenvalue weighted by Gasteiger charge is -2.18. The van der Waals surface area contributed by atoms with Crippen molar-refractivity contribution in [3.8, 4) is 5.75 Å². The summed E-state index contributed by atoms with van der Waals surface area (Å²) in [5, 5.41) is 1.39. The van der Waals surface area contributed by atoms with Crippen molar-refractivity contribution >= 4 is 59.5 Å². The summed E-state index contributed by atoms with van der Waals surface area (Å²) >= 11 is 4.95. The van der Waals surface area contributed by atoms with E-state index < -0.39 is 0 Å². The maximum Gasteiger partial charge on any atom is 0.296 e. The van der Waals surface area contributed by atoms with E-state index >= 15 is 0 Å². The van der Waals surface area contributed by atoms with Crippen LogP contribution in [0.25, 0.3) is 21.2 Å². The third kappa shape index (κ3) is 3.99. The Morgan fingerprint density at radius 2 is 2.06 bits per heavy atom. The molecule has 0 N–H and O–H groups in total. The molecular formula is C24H18BrN3O3S. The fourth-order valence-corrected chi connectivity index (χ4v) is 4.94. The highest BCUT2D eigenvalue weighted by atomic mass is 79.9. The molecular weight excluding hydrogens is 490 g/mol. The maximum atomic E-state index is 13.7. The number of furan rings is 1. The molecule has 1 amide bonds. The predicted octanol–water partition coefficient (Wildman–Crippen LogP) is 6.45. The fourth-order valence-electron chi connectivity index (χ4n) is 3.43. The number of benzene rings is 2. The van der Waals surface area contributed by atoms with Gasteiger partial charge in [-0.1, -0.05) is 45.5 Å². The fraction of sp³-hybridized carbons (Fsp3) is 0.125. The molecule has 32 heavy (non-hydrogen) atoms. The average molecular weight is 508 g/mol. The number of para-hydroxylation sites is 1. The standard InChI is InChI=1S/C24H18BrN3O3S/c1-2-30-19-8-5-6-15-12-20(31-22(15)19)23(29)28(14-17-7-3-4-11-26-17)24-27-18-10-9-16(25)13-21(18)32-24/h3-13H,2,14H2,1H3. The number of aromatic nitrogens is 2. The summed E-state index contributed by atoms with van der Waals surface area (Å²) in [7, 11) is 0. The summed E-state index contributed by atoms with van der Waals surface area (Å²) in [5.74, 6) is 0.557. The topological polar surface area (TPSA) is 68.5 Å². The summed E-state index contributed by atoms with van der Waals surface area (Å²) < 4.78 is 13.6. The van der Waals surface area contributed by atoms with Crippen molar-refractivity contribution in [2.45, 2.75) is 13.5 Å². The first kappa shape index (κ1) is 20.7. The molecule has 0 bridgehead atoms. The Morgan fingerprint density at radius 1 is 1.16 bits per heavy atom. The van der Waals surface area contributed by atoms with Crippen LogP contribution in [-0.4, -0.2) is 22.5 Å². The van der Waals surface area contributed by atoms with Gasteiger partial charge in [-0.15, -0.1) is 0 Å². The number of pyridine rings is 1. The molecule has 2 aromatic carbocycles. The van der Waals surface area contributed by atoms with Gasteiger partial charge in [0.15, 0.2) is 22.2 Å². The molecule has 5 rings (SSSR count). The van der Waals surface area contributed by atoms with Gasteiger partial charge in [0.25, 0.3) is 5.91 Å². The largest absolute Gasteiger partial charge is 0.490 e. The molecule has 0 aliphatic heterocycles. The van der Waals surface area contributed by atoms with Gasteiger partial charge in [-0.3, -0.25) is 14.7 Å². The number of rotatable bonds is 6. The van der Waals surface area contributed by atoms with Crippen molar-refractivity contribution in [2.75, 3.05) is 11.5 Å². The lowest BCUT2D eigenvalue weighted by molar-refractivity contribution is 0.0960.